The van der Waals surface area contributed by atoms with Gasteiger partial charge in [0, 0.05) is 12.5 Å². The maximum absolute atomic E-state index is 13.0. The molecular weight excluding hydrogens is 368 g/mol. The van der Waals surface area contributed by atoms with Crippen LogP contribution in [0.4, 0.5) is 0 Å². The largest absolute Gasteiger partial charge is 0.508 e. The monoisotopic (exact) mass is 392 g/mol. The number of ether oxygens (including phenoxy) is 1. The standard InChI is InChI=1S/C24H24O5/c25-19-9-5-4-8-16-10-17(16)13-22(15-6-2-1-3-7-15)29-24(28)23-18(11-19)12-20(26)14-21(23)27/h1-3,5-7,9,12,14,16-17,22,26-27H,4,8,10-11,13H2/b9-5+/t16?,17?,22-/m1/s1. The highest BCUT2D eigenvalue weighted by atomic mass is 16.5. The summed E-state index contributed by atoms with van der Waals surface area (Å²) in [6.07, 6.45) is 6.56. The van der Waals surface area contributed by atoms with Crippen LogP contribution in [0.25, 0.3) is 0 Å². The smallest absolute Gasteiger partial charge is 0.342 e. The minimum atomic E-state index is -0.683. The predicted octanol–water partition coefficient (Wildman–Crippen LogP) is 4.48. The van der Waals surface area contributed by atoms with Crippen molar-refractivity contribution < 1.29 is 24.5 Å². The van der Waals surface area contributed by atoms with Crippen molar-refractivity contribution in [1.29, 1.82) is 0 Å². The topological polar surface area (TPSA) is 83.8 Å². The highest BCUT2D eigenvalue weighted by molar-refractivity contribution is 5.98. The molecule has 1 saturated carbocycles. The predicted molar refractivity (Wildman–Crippen MR) is 108 cm³/mol. The lowest BCUT2D eigenvalue weighted by Crippen LogP contribution is -2.16. The van der Waals surface area contributed by atoms with E-state index in [-0.39, 0.29) is 34.8 Å². The van der Waals surface area contributed by atoms with Crippen molar-refractivity contribution in [3.05, 3.63) is 71.3 Å². The number of allylic oxidation sites excluding steroid dienone is 2. The van der Waals surface area contributed by atoms with Crippen LogP contribution in [-0.4, -0.2) is 22.0 Å². The van der Waals surface area contributed by atoms with Crippen LogP contribution in [0.5, 0.6) is 11.5 Å². The van der Waals surface area contributed by atoms with Gasteiger partial charge in [0.05, 0.1) is 0 Å². The molecule has 0 spiro atoms. The van der Waals surface area contributed by atoms with Crippen molar-refractivity contribution in [1.82, 2.24) is 0 Å². The number of rotatable bonds is 1. The Bertz CT molecular complexity index is 947. The number of phenols is 2. The molecule has 2 aromatic carbocycles. The summed E-state index contributed by atoms with van der Waals surface area (Å²) in [5, 5.41) is 20.2. The van der Waals surface area contributed by atoms with Crippen LogP contribution >= 0.6 is 0 Å². The van der Waals surface area contributed by atoms with Crippen LogP contribution in [0.2, 0.25) is 0 Å². The van der Waals surface area contributed by atoms with Crippen LogP contribution in [0.15, 0.2) is 54.6 Å². The molecule has 5 nitrogen and oxygen atoms in total. The summed E-state index contributed by atoms with van der Waals surface area (Å²) < 4.78 is 5.85. The molecule has 2 aliphatic rings. The number of fused-ring (bicyclic) bond motifs is 2. The molecule has 2 aromatic rings. The van der Waals surface area contributed by atoms with Gasteiger partial charge in [0.25, 0.3) is 0 Å². The number of ketones is 1. The van der Waals surface area contributed by atoms with E-state index in [1.54, 1.807) is 0 Å². The molecule has 0 bridgehead atoms. The van der Waals surface area contributed by atoms with Crippen molar-refractivity contribution in [3.63, 3.8) is 0 Å². The van der Waals surface area contributed by atoms with Crippen molar-refractivity contribution in [2.24, 2.45) is 11.8 Å². The normalized spacial score (nSPS) is 25.9. The minimum absolute atomic E-state index is 0.0603. The van der Waals surface area contributed by atoms with Gasteiger partial charge in [0.1, 0.15) is 23.2 Å². The number of hydrogen-bond acceptors (Lipinski definition) is 5. The first-order chi connectivity index (χ1) is 14.0. The van der Waals surface area contributed by atoms with Gasteiger partial charge in [0.2, 0.25) is 0 Å². The number of carbonyl (C=O) groups is 2. The van der Waals surface area contributed by atoms with Crippen molar-refractivity contribution in [2.75, 3.05) is 0 Å². The van der Waals surface area contributed by atoms with E-state index in [0.29, 0.717) is 11.8 Å². The number of aromatic hydroxyl groups is 2. The zero-order valence-electron chi connectivity index (χ0n) is 16.1. The molecule has 0 amide bonds. The number of carbonyl (C=O) groups excluding carboxylic acids is 2. The van der Waals surface area contributed by atoms with E-state index < -0.39 is 12.1 Å². The van der Waals surface area contributed by atoms with Gasteiger partial charge in [0.15, 0.2) is 5.78 Å². The quantitative estimate of drug-likeness (QED) is 0.699. The van der Waals surface area contributed by atoms with Crippen LogP contribution in [0.3, 0.4) is 0 Å². The number of cyclic esters (lactones) is 1. The van der Waals surface area contributed by atoms with Crippen LogP contribution in [0, 0.1) is 11.8 Å². The molecule has 0 saturated heterocycles. The number of esters is 1. The van der Waals surface area contributed by atoms with E-state index in [1.165, 1.54) is 12.1 Å². The van der Waals surface area contributed by atoms with Gasteiger partial charge in [-0.25, -0.2) is 4.79 Å². The maximum atomic E-state index is 13.0. The minimum Gasteiger partial charge on any atom is -0.508 e. The molecule has 29 heavy (non-hydrogen) atoms. The first-order valence-corrected chi connectivity index (χ1v) is 10.0. The third kappa shape index (κ3) is 4.50. The zero-order chi connectivity index (χ0) is 20.4. The lowest BCUT2D eigenvalue weighted by atomic mass is 9.98. The molecular formula is C24H24O5. The molecule has 0 radical (unpaired) electrons. The van der Waals surface area contributed by atoms with Gasteiger partial charge in [-0.1, -0.05) is 36.4 Å². The summed E-state index contributed by atoms with van der Waals surface area (Å²) in [4.78, 5) is 25.3. The highest BCUT2D eigenvalue weighted by Crippen LogP contribution is 2.48. The Morgan fingerprint density at radius 1 is 0.966 bits per heavy atom. The number of hydrogen-bond donors (Lipinski definition) is 2. The third-order valence-corrected chi connectivity index (χ3v) is 5.77. The molecule has 4 rings (SSSR count). The van der Waals surface area contributed by atoms with Crippen LogP contribution in [0.1, 0.15) is 53.3 Å². The summed E-state index contributed by atoms with van der Waals surface area (Å²) >= 11 is 0. The Balaban J connectivity index is 1.71. The fourth-order valence-corrected chi connectivity index (χ4v) is 4.15. The molecule has 150 valence electrons. The van der Waals surface area contributed by atoms with E-state index in [9.17, 15) is 19.8 Å². The fraction of sp³-hybridized carbons (Fsp3) is 0.333. The zero-order valence-corrected chi connectivity index (χ0v) is 16.1. The van der Waals surface area contributed by atoms with E-state index in [4.69, 9.17) is 4.74 Å². The lowest BCUT2D eigenvalue weighted by Gasteiger charge is -2.20. The SMILES string of the molecule is O=C1/C=C/CCC2CC2C[C@H](c2ccccc2)OC(=O)c2c(O)cc(O)cc2C1. The lowest BCUT2D eigenvalue weighted by molar-refractivity contribution is -0.114. The van der Waals surface area contributed by atoms with Crippen LogP contribution < -0.4 is 0 Å². The molecule has 0 aromatic heterocycles. The number of benzene rings is 2. The average Bonchev–Trinajstić information content (AvgIpc) is 3.42. The molecule has 5 heteroatoms. The third-order valence-electron chi connectivity index (χ3n) is 5.77. The van der Waals surface area contributed by atoms with Crippen molar-refractivity contribution >= 4 is 11.8 Å². The van der Waals surface area contributed by atoms with E-state index in [2.05, 4.69) is 0 Å². The Hall–Kier alpha value is -3.08. The van der Waals surface area contributed by atoms with Gasteiger partial charge in [-0.15, -0.1) is 0 Å². The second-order valence-corrected chi connectivity index (χ2v) is 7.92. The van der Waals surface area contributed by atoms with E-state index in [1.807, 2.05) is 36.4 Å². The summed E-state index contributed by atoms with van der Waals surface area (Å²) in [6, 6.07) is 12.0. The van der Waals surface area contributed by atoms with Gasteiger partial charge < -0.3 is 14.9 Å². The fourth-order valence-electron chi connectivity index (χ4n) is 4.15. The summed E-state index contributed by atoms with van der Waals surface area (Å²) in [5.41, 5.74) is 1.11. The van der Waals surface area contributed by atoms with Crippen molar-refractivity contribution in [2.45, 2.75) is 38.2 Å². The van der Waals surface area contributed by atoms with Gasteiger partial charge in [-0.2, -0.15) is 0 Å². The Morgan fingerprint density at radius 2 is 1.76 bits per heavy atom. The van der Waals surface area contributed by atoms with E-state index in [0.717, 1.165) is 37.3 Å². The summed E-state index contributed by atoms with van der Waals surface area (Å²) in [7, 11) is 0. The van der Waals surface area contributed by atoms with Gasteiger partial charge >= 0.3 is 5.97 Å². The van der Waals surface area contributed by atoms with Gasteiger partial charge in [-0.05, 0) is 60.8 Å². The first kappa shape index (κ1) is 19.2. The molecule has 1 aliphatic heterocycles. The number of phenolic OH excluding ortho intramolecular Hbond substituents is 2. The molecule has 1 fully saturated rings. The first-order valence-electron chi connectivity index (χ1n) is 10.0. The average molecular weight is 392 g/mol. The summed E-state index contributed by atoms with van der Waals surface area (Å²) in [5.74, 6) is -0.393. The highest BCUT2D eigenvalue weighted by Gasteiger charge is 2.39. The Labute approximate surface area is 169 Å². The van der Waals surface area contributed by atoms with Gasteiger partial charge in [-0.3, -0.25) is 4.79 Å². The second-order valence-electron chi connectivity index (χ2n) is 7.92. The molecule has 2 N–H and O–H groups in total. The molecule has 1 heterocycles. The van der Waals surface area contributed by atoms with E-state index >= 15 is 0 Å². The van der Waals surface area contributed by atoms with Crippen molar-refractivity contribution in [3.8, 4) is 11.5 Å². The Kier molecular flexibility index (Phi) is 5.38. The molecule has 1 aliphatic carbocycles. The summed E-state index contributed by atoms with van der Waals surface area (Å²) in [6.45, 7) is 0. The Morgan fingerprint density at radius 3 is 2.55 bits per heavy atom. The maximum Gasteiger partial charge on any atom is 0.342 e. The molecule has 3 atom stereocenters. The second kappa shape index (κ2) is 8.11. The molecule has 2 unspecified atom stereocenters. The van der Waals surface area contributed by atoms with Crippen LogP contribution in [-0.2, 0) is 16.0 Å².